The Balaban J connectivity index is 1.36. The highest BCUT2D eigenvalue weighted by Gasteiger charge is 2.53. The molecule has 1 amide bonds. The minimum Gasteiger partial charge on any atom is -0.482 e. The van der Waals surface area contributed by atoms with Crippen molar-refractivity contribution in [3.8, 4) is 11.8 Å². The summed E-state index contributed by atoms with van der Waals surface area (Å²) in [5.74, 6) is 3.02. The molecule has 0 unspecified atom stereocenters. The van der Waals surface area contributed by atoms with Gasteiger partial charge in [0.2, 0.25) is 0 Å². The van der Waals surface area contributed by atoms with Crippen LogP contribution < -0.4 is 10.1 Å². The zero-order valence-electron chi connectivity index (χ0n) is 14.8. The lowest BCUT2D eigenvalue weighted by atomic mass is 9.48. The van der Waals surface area contributed by atoms with Gasteiger partial charge in [0.05, 0.1) is 5.56 Å². The van der Waals surface area contributed by atoms with E-state index in [9.17, 15) is 4.79 Å². The van der Waals surface area contributed by atoms with Crippen LogP contribution in [-0.4, -0.2) is 18.6 Å². The van der Waals surface area contributed by atoms with E-state index in [1.165, 1.54) is 38.5 Å². The number of para-hydroxylation sites is 1. The Labute approximate surface area is 149 Å². The predicted molar refractivity (Wildman–Crippen MR) is 94.9 cm³/mol. The lowest BCUT2D eigenvalue weighted by molar-refractivity contribution is -0.127. The molecule has 4 heteroatoms. The highest BCUT2D eigenvalue weighted by Crippen LogP contribution is 2.61. The largest absolute Gasteiger partial charge is 0.482 e. The molecule has 4 bridgehead atoms. The van der Waals surface area contributed by atoms with Gasteiger partial charge in [-0.05, 0) is 80.8 Å². The second-order valence-electron chi connectivity index (χ2n) is 8.47. The minimum atomic E-state index is -0.0870. The maximum Gasteiger partial charge on any atom is 0.258 e. The lowest BCUT2D eigenvalue weighted by Gasteiger charge is -2.59. The summed E-state index contributed by atoms with van der Waals surface area (Å²) in [6, 6.07) is 9.32. The summed E-state index contributed by atoms with van der Waals surface area (Å²) in [5.41, 5.74) is 0.763. The molecule has 0 aliphatic heterocycles. The van der Waals surface area contributed by atoms with Gasteiger partial charge in [0.1, 0.15) is 11.8 Å². The van der Waals surface area contributed by atoms with Crippen LogP contribution >= 0.6 is 0 Å². The summed E-state index contributed by atoms with van der Waals surface area (Å²) in [7, 11) is 0. The van der Waals surface area contributed by atoms with Gasteiger partial charge in [0.15, 0.2) is 6.61 Å². The molecule has 1 N–H and O–H groups in total. The van der Waals surface area contributed by atoms with Gasteiger partial charge in [-0.15, -0.1) is 0 Å². The number of benzene rings is 1. The van der Waals surface area contributed by atoms with E-state index < -0.39 is 0 Å². The van der Waals surface area contributed by atoms with Crippen molar-refractivity contribution in [3.63, 3.8) is 0 Å². The predicted octanol–water partition coefficient (Wildman–Crippen LogP) is 3.66. The molecule has 4 fully saturated rings. The van der Waals surface area contributed by atoms with E-state index in [2.05, 4.69) is 18.3 Å². The van der Waals surface area contributed by atoms with Crippen LogP contribution in [0.4, 0.5) is 0 Å². The van der Waals surface area contributed by atoms with Crippen LogP contribution in [0.25, 0.3) is 0 Å². The van der Waals surface area contributed by atoms with Crippen molar-refractivity contribution >= 4 is 5.91 Å². The highest BCUT2D eigenvalue weighted by atomic mass is 16.5. The molecule has 4 nitrogen and oxygen atoms in total. The van der Waals surface area contributed by atoms with E-state index in [1.54, 1.807) is 18.2 Å². The molecule has 0 radical (unpaired) electrons. The van der Waals surface area contributed by atoms with Crippen LogP contribution in [0.1, 0.15) is 51.0 Å². The van der Waals surface area contributed by atoms with Crippen molar-refractivity contribution in [1.82, 2.24) is 5.32 Å². The molecular formula is C21H26N2O2. The molecule has 1 aromatic rings. The second-order valence-corrected chi connectivity index (χ2v) is 8.47. The fraction of sp³-hybridized carbons (Fsp3) is 0.619. The van der Waals surface area contributed by atoms with E-state index in [-0.39, 0.29) is 18.6 Å². The SMILES string of the molecule is C[C@H](NC(=O)COc1ccccc1C#N)C12CC3CC(CC(C3)C1)C2. The number of hydrogen-bond donors (Lipinski definition) is 1. The summed E-state index contributed by atoms with van der Waals surface area (Å²) in [6.45, 7) is 2.14. The Kier molecular flexibility index (Phi) is 4.19. The second kappa shape index (κ2) is 6.37. The molecule has 1 atom stereocenters. The first kappa shape index (κ1) is 16.4. The van der Waals surface area contributed by atoms with Crippen LogP contribution in [0.15, 0.2) is 24.3 Å². The quantitative estimate of drug-likeness (QED) is 0.891. The number of carbonyl (C=O) groups excluding carboxylic acids is 1. The van der Waals surface area contributed by atoms with E-state index in [0.717, 1.165) is 17.8 Å². The summed E-state index contributed by atoms with van der Waals surface area (Å²) < 4.78 is 5.58. The molecule has 132 valence electrons. The molecule has 4 saturated carbocycles. The van der Waals surface area contributed by atoms with Crippen molar-refractivity contribution in [2.45, 2.75) is 51.5 Å². The van der Waals surface area contributed by atoms with Crippen LogP contribution in [0.3, 0.4) is 0 Å². The fourth-order valence-corrected chi connectivity index (χ4v) is 5.97. The number of nitrogens with zero attached hydrogens (tertiary/aromatic N) is 1. The Morgan fingerprint density at radius 2 is 1.84 bits per heavy atom. The summed E-state index contributed by atoms with van der Waals surface area (Å²) in [5, 5.41) is 12.3. The molecule has 1 aromatic carbocycles. The van der Waals surface area contributed by atoms with Crippen LogP contribution in [0.5, 0.6) is 5.75 Å². The molecule has 0 saturated heterocycles. The third-order valence-corrected chi connectivity index (χ3v) is 6.75. The minimum absolute atomic E-state index is 0.0323. The van der Waals surface area contributed by atoms with Crippen molar-refractivity contribution in [1.29, 1.82) is 5.26 Å². The Bertz CT molecular complexity index is 671. The van der Waals surface area contributed by atoms with Gasteiger partial charge >= 0.3 is 0 Å². The molecular weight excluding hydrogens is 312 g/mol. The number of amides is 1. The maximum absolute atomic E-state index is 12.4. The molecule has 4 aliphatic rings. The Hall–Kier alpha value is -2.02. The first-order chi connectivity index (χ1) is 12.1. The van der Waals surface area contributed by atoms with E-state index in [0.29, 0.717) is 16.7 Å². The summed E-state index contributed by atoms with van der Waals surface area (Å²) in [6.07, 6.45) is 8.06. The first-order valence-corrected chi connectivity index (χ1v) is 9.49. The Morgan fingerprint density at radius 1 is 1.24 bits per heavy atom. The van der Waals surface area contributed by atoms with Gasteiger partial charge in [0, 0.05) is 6.04 Å². The van der Waals surface area contributed by atoms with Gasteiger partial charge in [0.25, 0.3) is 5.91 Å². The van der Waals surface area contributed by atoms with Gasteiger partial charge in [-0.2, -0.15) is 5.26 Å². The average Bonchev–Trinajstić information content (AvgIpc) is 2.59. The van der Waals surface area contributed by atoms with Crippen molar-refractivity contribution < 1.29 is 9.53 Å². The van der Waals surface area contributed by atoms with E-state index >= 15 is 0 Å². The Morgan fingerprint density at radius 3 is 2.44 bits per heavy atom. The van der Waals surface area contributed by atoms with Gasteiger partial charge in [-0.1, -0.05) is 12.1 Å². The highest BCUT2D eigenvalue weighted by molar-refractivity contribution is 5.78. The lowest BCUT2D eigenvalue weighted by Crippen LogP contribution is -2.56. The smallest absolute Gasteiger partial charge is 0.258 e. The van der Waals surface area contributed by atoms with Crippen molar-refractivity contribution in [3.05, 3.63) is 29.8 Å². The summed E-state index contributed by atoms with van der Waals surface area (Å²) in [4.78, 5) is 12.4. The van der Waals surface area contributed by atoms with E-state index in [1.807, 2.05) is 6.07 Å². The third kappa shape index (κ3) is 3.13. The number of hydrogen-bond acceptors (Lipinski definition) is 3. The number of nitriles is 1. The van der Waals surface area contributed by atoms with Crippen molar-refractivity contribution in [2.75, 3.05) is 6.61 Å². The van der Waals surface area contributed by atoms with Crippen molar-refractivity contribution in [2.24, 2.45) is 23.2 Å². The number of rotatable bonds is 5. The van der Waals surface area contributed by atoms with Crippen LogP contribution in [-0.2, 0) is 4.79 Å². The monoisotopic (exact) mass is 338 g/mol. The topological polar surface area (TPSA) is 62.1 Å². The number of ether oxygens (including phenoxy) is 1. The normalized spacial score (nSPS) is 33.5. The third-order valence-electron chi connectivity index (χ3n) is 6.75. The maximum atomic E-state index is 12.4. The molecule has 4 aliphatic carbocycles. The molecule has 5 rings (SSSR count). The molecule has 25 heavy (non-hydrogen) atoms. The molecule has 0 heterocycles. The number of carbonyl (C=O) groups is 1. The van der Waals surface area contributed by atoms with E-state index in [4.69, 9.17) is 10.00 Å². The van der Waals surface area contributed by atoms with Crippen LogP contribution in [0.2, 0.25) is 0 Å². The zero-order chi connectivity index (χ0) is 17.4. The summed E-state index contributed by atoms with van der Waals surface area (Å²) >= 11 is 0. The molecule has 0 spiro atoms. The van der Waals surface area contributed by atoms with Gasteiger partial charge < -0.3 is 10.1 Å². The number of nitrogens with one attached hydrogen (secondary N) is 1. The zero-order valence-corrected chi connectivity index (χ0v) is 14.8. The van der Waals surface area contributed by atoms with Crippen LogP contribution in [0, 0.1) is 34.5 Å². The first-order valence-electron chi connectivity index (χ1n) is 9.49. The average molecular weight is 338 g/mol. The molecule has 0 aromatic heterocycles. The van der Waals surface area contributed by atoms with Gasteiger partial charge in [-0.25, -0.2) is 0 Å². The van der Waals surface area contributed by atoms with Gasteiger partial charge in [-0.3, -0.25) is 4.79 Å². The standard InChI is InChI=1S/C21H26N2O2/c1-14(21-9-15-6-16(10-21)8-17(7-15)11-21)23-20(24)13-25-19-5-3-2-4-18(19)12-22/h2-5,14-17H,6-11,13H2,1H3,(H,23,24)/t14-,15?,16?,17?,21?/m0/s1. The fourth-order valence-electron chi connectivity index (χ4n) is 5.97.